The van der Waals surface area contributed by atoms with Crippen molar-refractivity contribution >= 4 is 23.1 Å². The van der Waals surface area contributed by atoms with Crippen LogP contribution in [0, 0.1) is 13.8 Å². The van der Waals surface area contributed by atoms with Crippen LogP contribution in [0.15, 0.2) is 18.5 Å². The second-order valence-electron chi connectivity index (χ2n) is 6.91. The zero-order valence-electron chi connectivity index (χ0n) is 16.7. The highest BCUT2D eigenvalue weighted by Crippen LogP contribution is 2.20. The van der Waals surface area contributed by atoms with Crippen LogP contribution in [-0.2, 0) is 11.3 Å². The van der Waals surface area contributed by atoms with Crippen molar-refractivity contribution in [3.05, 3.63) is 41.1 Å². The van der Waals surface area contributed by atoms with E-state index in [4.69, 9.17) is 4.74 Å². The van der Waals surface area contributed by atoms with E-state index in [1.165, 1.54) is 12.4 Å². The maximum absolute atomic E-state index is 13.1. The van der Waals surface area contributed by atoms with E-state index in [1.54, 1.807) is 14.1 Å². The summed E-state index contributed by atoms with van der Waals surface area (Å²) in [4.78, 5) is 32.2. The Morgan fingerprint density at radius 3 is 2.66 bits per heavy atom. The van der Waals surface area contributed by atoms with Gasteiger partial charge in [0.05, 0.1) is 31.3 Å². The Labute approximate surface area is 167 Å². The van der Waals surface area contributed by atoms with Crippen LogP contribution < -0.4 is 5.32 Å². The van der Waals surface area contributed by atoms with Crippen molar-refractivity contribution in [3.8, 4) is 0 Å². The largest absolute Gasteiger partial charge is 0.378 e. The van der Waals surface area contributed by atoms with Gasteiger partial charge >= 0.3 is 0 Å². The lowest BCUT2D eigenvalue weighted by molar-refractivity contribution is 0.0295. The SMILES string of the molecule is CCn1ncc(NC(=O)c2cnn3c(C)cc(C)nc23)c1C(=O)N1CCOCC1. The molecule has 0 unspecified atom stereocenters. The first kappa shape index (κ1) is 19.1. The highest BCUT2D eigenvalue weighted by molar-refractivity contribution is 6.11. The van der Waals surface area contributed by atoms with Crippen LogP contribution in [0.1, 0.15) is 39.2 Å². The molecule has 1 N–H and O–H groups in total. The van der Waals surface area contributed by atoms with Crippen LogP contribution in [0.4, 0.5) is 5.69 Å². The van der Waals surface area contributed by atoms with Gasteiger partial charge in [-0.3, -0.25) is 14.3 Å². The average Bonchev–Trinajstić information content (AvgIpc) is 3.32. The van der Waals surface area contributed by atoms with Crippen molar-refractivity contribution in [2.45, 2.75) is 27.3 Å². The monoisotopic (exact) mass is 397 g/mol. The van der Waals surface area contributed by atoms with Gasteiger partial charge in [-0.2, -0.15) is 10.2 Å². The molecule has 0 atom stereocenters. The lowest BCUT2D eigenvalue weighted by Crippen LogP contribution is -2.41. The second-order valence-corrected chi connectivity index (χ2v) is 6.91. The minimum atomic E-state index is -0.385. The Kier molecular flexibility index (Phi) is 5.01. The number of nitrogens with zero attached hydrogens (tertiary/aromatic N) is 6. The summed E-state index contributed by atoms with van der Waals surface area (Å²) in [6, 6.07) is 1.89. The molecule has 29 heavy (non-hydrogen) atoms. The Balaban J connectivity index is 1.65. The molecule has 2 amide bonds. The molecule has 1 saturated heterocycles. The fourth-order valence-electron chi connectivity index (χ4n) is 3.48. The summed E-state index contributed by atoms with van der Waals surface area (Å²) in [7, 11) is 0. The fourth-order valence-corrected chi connectivity index (χ4v) is 3.48. The molecule has 152 valence electrons. The summed E-state index contributed by atoms with van der Waals surface area (Å²) in [6.07, 6.45) is 2.99. The van der Waals surface area contributed by atoms with Gasteiger partial charge in [-0.05, 0) is 26.8 Å². The second kappa shape index (κ2) is 7.63. The minimum absolute atomic E-state index is 0.173. The van der Waals surface area contributed by atoms with E-state index in [9.17, 15) is 9.59 Å². The molecule has 4 heterocycles. The van der Waals surface area contributed by atoms with E-state index in [0.29, 0.717) is 55.4 Å². The predicted molar refractivity (Wildman–Crippen MR) is 105 cm³/mol. The highest BCUT2D eigenvalue weighted by Gasteiger charge is 2.27. The van der Waals surface area contributed by atoms with Gasteiger partial charge in [0, 0.05) is 31.0 Å². The van der Waals surface area contributed by atoms with Crippen LogP contribution in [-0.4, -0.2) is 67.4 Å². The number of carbonyl (C=O) groups is 2. The number of aromatic nitrogens is 5. The van der Waals surface area contributed by atoms with Gasteiger partial charge in [0.2, 0.25) is 0 Å². The van der Waals surface area contributed by atoms with Gasteiger partial charge in [0.1, 0.15) is 11.3 Å². The number of aryl methyl sites for hydroxylation is 3. The number of nitrogens with one attached hydrogen (secondary N) is 1. The summed E-state index contributed by atoms with van der Waals surface area (Å²) in [6.45, 7) is 8.20. The molecule has 1 fully saturated rings. The van der Waals surface area contributed by atoms with Gasteiger partial charge in [-0.25, -0.2) is 9.50 Å². The number of ether oxygens (including phenoxy) is 1. The van der Waals surface area contributed by atoms with Gasteiger partial charge in [-0.1, -0.05) is 0 Å². The lowest BCUT2D eigenvalue weighted by atomic mass is 10.2. The van der Waals surface area contributed by atoms with Gasteiger partial charge in [-0.15, -0.1) is 0 Å². The van der Waals surface area contributed by atoms with Crippen molar-refractivity contribution in [1.82, 2.24) is 29.3 Å². The Bertz CT molecular complexity index is 1080. The maximum Gasteiger partial charge on any atom is 0.274 e. The number of hydrogen-bond acceptors (Lipinski definition) is 6. The van der Waals surface area contributed by atoms with Crippen molar-refractivity contribution in [2.24, 2.45) is 0 Å². The molecule has 0 bridgehead atoms. The Morgan fingerprint density at radius 2 is 1.93 bits per heavy atom. The third-order valence-corrected chi connectivity index (χ3v) is 4.91. The Morgan fingerprint density at radius 1 is 1.17 bits per heavy atom. The van der Waals surface area contributed by atoms with Gasteiger partial charge < -0.3 is 15.0 Å². The predicted octanol–water partition coefficient (Wildman–Crippen LogP) is 1.29. The third-order valence-electron chi connectivity index (χ3n) is 4.91. The minimum Gasteiger partial charge on any atom is -0.378 e. The van der Waals surface area contributed by atoms with E-state index in [1.807, 2.05) is 26.8 Å². The lowest BCUT2D eigenvalue weighted by Gasteiger charge is -2.27. The summed E-state index contributed by atoms with van der Waals surface area (Å²) < 4.78 is 8.54. The van der Waals surface area contributed by atoms with Crippen LogP contribution in [0.3, 0.4) is 0 Å². The molecule has 10 heteroatoms. The summed E-state index contributed by atoms with van der Waals surface area (Å²) in [5.41, 5.74) is 3.23. The number of hydrogen-bond donors (Lipinski definition) is 1. The van der Waals surface area contributed by atoms with E-state index in [-0.39, 0.29) is 11.8 Å². The maximum atomic E-state index is 13.1. The molecular formula is C19H23N7O3. The van der Waals surface area contributed by atoms with E-state index >= 15 is 0 Å². The molecule has 1 aliphatic rings. The number of carbonyl (C=O) groups excluding carboxylic acids is 2. The standard InChI is InChI=1S/C19H23N7O3/c1-4-25-16(19(28)24-5-7-29-8-6-24)15(11-20-25)23-18(27)14-10-21-26-13(3)9-12(2)22-17(14)26/h9-11H,4-8H2,1-3H3,(H,23,27). The van der Waals surface area contributed by atoms with Crippen LogP contribution >= 0.6 is 0 Å². The average molecular weight is 397 g/mol. The first-order chi connectivity index (χ1) is 14.0. The molecule has 0 aliphatic carbocycles. The molecule has 0 saturated carbocycles. The summed E-state index contributed by atoms with van der Waals surface area (Å²) in [5, 5.41) is 11.3. The van der Waals surface area contributed by atoms with Gasteiger partial charge in [0.15, 0.2) is 5.65 Å². The van der Waals surface area contributed by atoms with Gasteiger partial charge in [0.25, 0.3) is 11.8 Å². The van der Waals surface area contributed by atoms with Crippen LogP contribution in [0.5, 0.6) is 0 Å². The molecule has 0 aromatic carbocycles. The van der Waals surface area contributed by atoms with Crippen LogP contribution in [0.25, 0.3) is 5.65 Å². The van der Waals surface area contributed by atoms with Crippen molar-refractivity contribution in [1.29, 1.82) is 0 Å². The molecule has 10 nitrogen and oxygen atoms in total. The topological polar surface area (TPSA) is 107 Å². The van der Waals surface area contributed by atoms with Crippen molar-refractivity contribution in [3.63, 3.8) is 0 Å². The van der Waals surface area contributed by atoms with E-state index in [2.05, 4.69) is 20.5 Å². The first-order valence-electron chi connectivity index (χ1n) is 9.55. The zero-order valence-corrected chi connectivity index (χ0v) is 16.7. The van der Waals surface area contributed by atoms with E-state index in [0.717, 1.165) is 11.4 Å². The number of rotatable bonds is 4. The molecule has 4 rings (SSSR count). The number of amides is 2. The highest BCUT2D eigenvalue weighted by atomic mass is 16.5. The third kappa shape index (κ3) is 3.46. The Hall–Kier alpha value is -3.27. The van der Waals surface area contributed by atoms with E-state index < -0.39 is 0 Å². The molecule has 3 aromatic rings. The molecule has 3 aromatic heterocycles. The normalized spacial score (nSPS) is 14.4. The first-order valence-corrected chi connectivity index (χ1v) is 9.55. The summed E-state index contributed by atoms with van der Waals surface area (Å²) >= 11 is 0. The molecule has 0 radical (unpaired) electrons. The number of anilines is 1. The molecular weight excluding hydrogens is 374 g/mol. The van der Waals surface area contributed by atoms with Crippen molar-refractivity contribution in [2.75, 3.05) is 31.6 Å². The van der Waals surface area contributed by atoms with Crippen LogP contribution in [0.2, 0.25) is 0 Å². The number of fused-ring (bicyclic) bond motifs is 1. The molecule has 1 aliphatic heterocycles. The van der Waals surface area contributed by atoms with Crippen molar-refractivity contribution < 1.29 is 14.3 Å². The smallest absolute Gasteiger partial charge is 0.274 e. The quantitative estimate of drug-likeness (QED) is 0.711. The summed E-state index contributed by atoms with van der Waals surface area (Å²) in [5.74, 6) is -0.559. The zero-order chi connectivity index (χ0) is 20.5. The molecule has 0 spiro atoms. The number of morpholine rings is 1. The fraction of sp³-hybridized carbons (Fsp3) is 0.421.